The van der Waals surface area contributed by atoms with Crippen molar-refractivity contribution in [1.82, 2.24) is 10.3 Å². The molecule has 2 aromatic carbocycles. The number of aryl methyl sites for hydroxylation is 1. The first-order chi connectivity index (χ1) is 12.4. The summed E-state index contributed by atoms with van der Waals surface area (Å²) in [5.74, 6) is -0.281. The Bertz CT molecular complexity index is 805. The number of sulfonamides is 1. The maximum atomic E-state index is 12.5. The van der Waals surface area contributed by atoms with Crippen molar-refractivity contribution in [2.75, 3.05) is 7.11 Å². The minimum atomic E-state index is -3.68. The van der Waals surface area contributed by atoms with Gasteiger partial charge in [0.25, 0.3) is 10.0 Å². The van der Waals surface area contributed by atoms with E-state index < -0.39 is 10.0 Å². The zero-order chi connectivity index (χ0) is 19.0. The van der Waals surface area contributed by atoms with Crippen LogP contribution < -0.4 is 10.3 Å². The fourth-order valence-electron chi connectivity index (χ4n) is 2.49. The Labute approximate surface area is 154 Å². The first-order valence-electron chi connectivity index (χ1n) is 8.38. The van der Waals surface area contributed by atoms with E-state index in [1.807, 2.05) is 37.3 Å². The number of rotatable bonds is 9. The highest BCUT2D eigenvalue weighted by Gasteiger charge is 2.18. The van der Waals surface area contributed by atoms with E-state index >= 15 is 0 Å². The van der Waals surface area contributed by atoms with Crippen LogP contribution in [0.25, 0.3) is 0 Å². The van der Waals surface area contributed by atoms with Crippen LogP contribution in [-0.4, -0.2) is 21.5 Å². The average molecular weight is 376 g/mol. The van der Waals surface area contributed by atoms with E-state index in [-0.39, 0.29) is 23.3 Å². The molecule has 0 aliphatic rings. The van der Waals surface area contributed by atoms with Crippen molar-refractivity contribution in [2.45, 2.75) is 37.1 Å². The molecule has 140 valence electrons. The van der Waals surface area contributed by atoms with E-state index in [0.717, 1.165) is 11.1 Å². The largest absolute Gasteiger partial charge is 0.469 e. The molecular formula is C19H24N2O4S. The number of hydrogen-bond acceptors (Lipinski definition) is 5. The zero-order valence-corrected chi connectivity index (χ0v) is 15.8. The molecule has 0 amide bonds. The van der Waals surface area contributed by atoms with Gasteiger partial charge in [-0.15, -0.1) is 4.83 Å². The summed E-state index contributed by atoms with van der Waals surface area (Å²) in [6.45, 7) is 1.90. The van der Waals surface area contributed by atoms with Crippen LogP contribution >= 0.6 is 0 Å². The SMILES string of the molecule is COC(=O)CCCC(NNS(=O)(=O)c1ccc(C)cc1)c1ccccc1. The summed E-state index contributed by atoms with van der Waals surface area (Å²) in [5, 5.41) is 0. The fourth-order valence-corrected chi connectivity index (χ4v) is 3.39. The molecule has 0 bridgehead atoms. The molecule has 0 saturated carbocycles. The molecule has 0 heterocycles. The molecule has 0 aliphatic carbocycles. The fraction of sp³-hybridized carbons (Fsp3) is 0.316. The quantitative estimate of drug-likeness (QED) is 0.519. The highest BCUT2D eigenvalue weighted by atomic mass is 32.2. The Morgan fingerprint density at radius 2 is 1.73 bits per heavy atom. The van der Waals surface area contributed by atoms with Gasteiger partial charge >= 0.3 is 5.97 Å². The first kappa shape index (κ1) is 20.1. The molecule has 1 atom stereocenters. The van der Waals surface area contributed by atoms with Gasteiger partial charge in [0, 0.05) is 12.5 Å². The van der Waals surface area contributed by atoms with Gasteiger partial charge in [-0.1, -0.05) is 48.0 Å². The van der Waals surface area contributed by atoms with Crippen LogP contribution in [0.4, 0.5) is 0 Å². The van der Waals surface area contributed by atoms with Gasteiger partial charge in [-0.25, -0.2) is 13.8 Å². The molecule has 1 unspecified atom stereocenters. The minimum absolute atomic E-state index is 0.192. The monoisotopic (exact) mass is 376 g/mol. The third-order valence-electron chi connectivity index (χ3n) is 4.00. The molecular weight excluding hydrogens is 352 g/mol. The van der Waals surface area contributed by atoms with Crippen LogP contribution in [0.2, 0.25) is 0 Å². The van der Waals surface area contributed by atoms with Crippen LogP contribution in [0.5, 0.6) is 0 Å². The Morgan fingerprint density at radius 1 is 1.08 bits per heavy atom. The number of methoxy groups -OCH3 is 1. The molecule has 2 rings (SSSR count). The topological polar surface area (TPSA) is 84.5 Å². The van der Waals surface area contributed by atoms with Crippen LogP contribution in [0.1, 0.15) is 36.4 Å². The molecule has 2 N–H and O–H groups in total. The van der Waals surface area contributed by atoms with E-state index in [2.05, 4.69) is 15.0 Å². The highest BCUT2D eigenvalue weighted by Crippen LogP contribution is 2.19. The van der Waals surface area contributed by atoms with E-state index in [1.54, 1.807) is 24.3 Å². The predicted octanol–water partition coefficient (Wildman–Crippen LogP) is 2.86. The van der Waals surface area contributed by atoms with Gasteiger partial charge in [-0.3, -0.25) is 4.79 Å². The van der Waals surface area contributed by atoms with Crippen molar-refractivity contribution < 1.29 is 17.9 Å². The Morgan fingerprint density at radius 3 is 2.35 bits per heavy atom. The molecule has 0 aliphatic heterocycles. The number of hydrazine groups is 1. The van der Waals surface area contributed by atoms with Crippen molar-refractivity contribution in [2.24, 2.45) is 0 Å². The van der Waals surface area contributed by atoms with Crippen molar-refractivity contribution in [1.29, 1.82) is 0 Å². The van der Waals surface area contributed by atoms with Gasteiger partial charge in [0.15, 0.2) is 0 Å². The summed E-state index contributed by atoms with van der Waals surface area (Å²) < 4.78 is 29.6. The number of carbonyl (C=O) groups is 1. The van der Waals surface area contributed by atoms with Crippen LogP contribution in [-0.2, 0) is 19.6 Å². The van der Waals surface area contributed by atoms with Crippen molar-refractivity contribution >= 4 is 16.0 Å². The zero-order valence-electron chi connectivity index (χ0n) is 14.9. The third-order valence-corrected chi connectivity index (χ3v) is 5.28. The normalized spacial score (nSPS) is 12.5. The summed E-state index contributed by atoms with van der Waals surface area (Å²) >= 11 is 0. The maximum Gasteiger partial charge on any atom is 0.305 e. The second kappa shape index (κ2) is 9.47. The molecule has 0 spiro atoms. The second-order valence-corrected chi connectivity index (χ2v) is 7.68. The summed E-state index contributed by atoms with van der Waals surface area (Å²) in [5.41, 5.74) is 4.81. The number of carbonyl (C=O) groups excluding carboxylic acids is 1. The second-order valence-electron chi connectivity index (χ2n) is 5.99. The van der Waals surface area contributed by atoms with Gasteiger partial charge in [-0.2, -0.15) is 0 Å². The lowest BCUT2D eigenvalue weighted by molar-refractivity contribution is -0.140. The molecule has 0 saturated heterocycles. The van der Waals surface area contributed by atoms with Gasteiger partial charge in [0.1, 0.15) is 0 Å². The first-order valence-corrected chi connectivity index (χ1v) is 9.86. The van der Waals surface area contributed by atoms with Gasteiger partial charge < -0.3 is 4.74 Å². The Hall–Kier alpha value is -2.22. The van der Waals surface area contributed by atoms with E-state index in [9.17, 15) is 13.2 Å². The van der Waals surface area contributed by atoms with Gasteiger partial charge in [0.05, 0.1) is 12.0 Å². The lowest BCUT2D eigenvalue weighted by Crippen LogP contribution is -2.40. The van der Waals surface area contributed by atoms with E-state index in [4.69, 9.17) is 0 Å². The van der Waals surface area contributed by atoms with Gasteiger partial charge in [-0.05, 0) is 37.5 Å². The highest BCUT2D eigenvalue weighted by molar-refractivity contribution is 7.89. The number of benzene rings is 2. The van der Waals surface area contributed by atoms with Gasteiger partial charge in [0.2, 0.25) is 0 Å². The lowest BCUT2D eigenvalue weighted by Gasteiger charge is -2.20. The molecule has 26 heavy (non-hydrogen) atoms. The van der Waals surface area contributed by atoms with E-state index in [0.29, 0.717) is 12.8 Å². The number of esters is 1. The predicted molar refractivity (Wildman–Crippen MR) is 99.7 cm³/mol. The van der Waals surface area contributed by atoms with Crippen LogP contribution in [0.15, 0.2) is 59.5 Å². The summed E-state index contributed by atoms with van der Waals surface area (Å²) in [6.07, 6.45) is 1.44. The smallest absolute Gasteiger partial charge is 0.305 e. The van der Waals surface area contributed by atoms with E-state index in [1.165, 1.54) is 7.11 Å². The lowest BCUT2D eigenvalue weighted by atomic mass is 10.0. The molecule has 0 aromatic heterocycles. The summed E-state index contributed by atoms with van der Waals surface area (Å²) in [6, 6.07) is 15.9. The standard InChI is InChI=1S/C19H24N2O4S/c1-15-11-13-17(14-12-15)26(23,24)21-20-18(9-6-10-19(22)25-2)16-7-4-3-5-8-16/h3-5,7-8,11-14,18,20-21H,6,9-10H2,1-2H3. The maximum absolute atomic E-state index is 12.5. The molecule has 6 nitrogen and oxygen atoms in total. The minimum Gasteiger partial charge on any atom is -0.469 e. The molecule has 2 aromatic rings. The van der Waals surface area contributed by atoms with Crippen LogP contribution in [0, 0.1) is 6.92 Å². The molecule has 7 heteroatoms. The van der Waals surface area contributed by atoms with Crippen molar-refractivity contribution in [3.05, 3.63) is 65.7 Å². The summed E-state index contributed by atoms with van der Waals surface area (Å²) in [7, 11) is -2.33. The number of ether oxygens (including phenoxy) is 1. The average Bonchev–Trinajstić information content (AvgIpc) is 2.65. The summed E-state index contributed by atoms with van der Waals surface area (Å²) in [4.78, 5) is 13.9. The van der Waals surface area contributed by atoms with Crippen LogP contribution in [0.3, 0.4) is 0 Å². The Kier molecular flexibility index (Phi) is 7.32. The number of hydrogen-bond donors (Lipinski definition) is 2. The molecule has 0 radical (unpaired) electrons. The third kappa shape index (κ3) is 5.94. The Balaban J connectivity index is 2.06. The van der Waals surface area contributed by atoms with Crippen molar-refractivity contribution in [3.8, 4) is 0 Å². The van der Waals surface area contributed by atoms with Crippen molar-refractivity contribution in [3.63, 3.8) is 0 Å². The molecule has 0 fully saturated rings. The number of nitrogens with one attached hydrogen (secondary N) is 2.